The third-order valence-corrected chi connectivity index (χ3v) is 16.5. The lowest BCUT2D eigenvalue weighted by molar-refractivity contribution is -0.151. The molecular weight excluding hydrogens is 657 g/mol. The first kappa shape index (κ1) is 45.6. The van der Waals surface area contributed by atoms with E-state index in [9.17, 15) is 4.79 Å². The molecule has 312 valence electrons. The van der Waals surface area contributed by atoms with E-state index in [1.807, 2.05) is 0 Å². The minimum absolute atomic E-state index is 0.0634. The number of fused-ring (bicyclic) bond motifs is 5. The molecule has 3 fully saturated rings. The summed E-state index contributed by atoms with van der Waals surface area (Å²) in [5.41, 5.74) is 2.52. The van der Waals surface area contributed by atoms with Crippen molar-refractivity contribution >= 4 is 5.97 Å². The highest BCUT2D eigenvalue weighted by Gasteiger charge is 2.59. The van der Waals surface area contributed by atoms with Crippen molar-refractivity contribution in [2.24, 2.45) is 52.3 Å². The summed E-state index contributed by atoms with van der Waals surface area (Å²) in [5.74, 6) is 6.09. The van der Waals surface area contributed by atoms with E-state index in [4.69, 9.17) is 4.74 Å². The van der Waals surface area contributed by atoms with E-state index in [-0.39, 0.29) is 12.1 Å². The molecule has 4 aliphatic carbocycles. The summed E-state index contributed by atoms with van der Waals surface area (Å²) in [4.78, 5) is 12.9. The van der Waals surface area contributed by atoms with Crippen LogP contribution in [0.5, 0.6) is 0 Å². The van der Waals surface area contributed by atoms with Crippen molar-refractivity contribution in [1.29, 1.82) is 0 Å². The molecule has 0 heterocycles. The molecule has 9 atom stereocenters. The lowest BCUT2D eigenvalue weighted by Crippen LogP contribution is -2.51. The molecule has 0 radical (unpaired) electrons. The predicted molar refractivity (Wildman–Crippen MR) is 235 cm³/mol. The maximum atomic E-state index is 12.9. The molecule has 0 aliphatic heterocycles. The molecule has 0 aromatic rings. The van der Waals surface area contributed by atoms with E-state index in [1.165, 1.54) is 167 Å². The highest BCUT2D eigenvalue weighted by atomic mass is 16.5. The lowest BCUT2D eigenvalue weighted by atomic mass is 9.47. The number of ether oxygens (including phenoxy) is 1. The van der Waals surface area contributed by atoms with Crippen LogP contribution in [0.2, 0.25) is 0 Å². The van der Waals surface area contributed by atoms with Crippen LogP contribution in [0.3, 0.4) is 0 Å². The molecule has 0 aromatic heterocycles. The Kier molecular flexibility index (Phi) is 20.3. The molecule has 2 nitrogen and oxygen atoms in total. The van der Waals surface area contributed by atoms with Gasteiger partial charge in [0, 0.05) is 12.8 Å². The predicted octanol–water partition coefficient (Wildman–Crippen LogP) is 16.6. The number of unbranched alkanes of at least 4 members (excludes halogenated alkanes) is 17. The van der Waals surface area contributed by atoms with Crippen molar-refractivity contribution in [3.05, 3.63) is 23.8 Å². The zero-order chi connectivity index (χ0) is 38.8. The van der Waals surface area contributed by atoms with Gasteiger partial charge in [0.05, 0.1) is 0 Å². The largest absolute Gasteiger partial charge is 0.462 e. The Labute approximate surface area is 337 Å². The Morgan fingerprint density at radius 1 is 0.722 bits per heavy atom. The molecule has 0 amide bonds. The average molecular weight is 749 g/mol. The molecular formula is C52H92O2. The number of esters is 1. The third kappa shape index (κ3) is 13.5. The fourth-order valence-corrected chi connectivity index (χ4v) is 12.4. The maximum absolute atomic E-state index is 12.9. The SMILES string of the molecule is CCCCCCCC/C=C/CCCCCCCCCCCCCC(=O)OC1CCC2(C)C(=CCC3C2CCC2(C)C(C(C)CCC(C)C(C)C)CCC32)C1. The molecule has 2 heteroatoms. The number of carbonyl (C=O) groups is 1. The minimum Gasteiger partial charge on any atom is -0.462 e. The van der Waals surface area contributed by atoms with Gasteiger partial charge < -0.3 is 4.74 Å². The topological polar surface area (TPSA) is 26.3 Å². The van der Waals surface area contributed by atoms with Crippen molar-refractivity contribution in [2.45, 2.75) is 247 Å². The fourth-order valence-electron chi connectivity index (χ4n) is 12.4. The van der Waals surface area contributed by atoms with E-state index in [0.29, 0.717) is 17.3 Å². The first-order valence-corrected chi connectivity index (χ1v) is 24.6. The molecule has 0 saturated heterocycles. The summed E-state index contributed by atoms with van der Waals surface area (Å²) < 4.78 is 6.16. The van der Waals surface area contributed by atoms with E-state index < -0.39 is 0 Å². The van der Waals surface area contributed by atoms with Crippen molar-refractivity contribution < 1.29 is 9.53 Å². The first-order chi connectivity index (χ1) is 26.1. The molecule has 9 unspecified atom stereocenters. The molecule has 4 aliphatic rings. The van der Waals surface area contributed by atoms with Gasteiger partial charge in [0.25, 0.3) is 0 Å². The maximum Gasteiger partial charge on any atom is 0.306 e. The summed E-state index contributed by atoms with van der Waals surface area (Å²) in [6, 6.07) is 0. The molecule has 0 bridgehead atoms. The van der Waals surface area contributed by atoms with Crippen molar-refractivity contribution in [3.8, 4) is 0 Å². The number of hydrogen-bond acceptors (Lipinski definition) is 2. The minimum atomic E-state index is 0.0634. The first-order valence-electron chi connectivity index (χ1n) is 24.6. The van der Waals surface area contributed by atoms with Crippen molar-refractivity contribution in [3.63, 3.8) is 0 Å². The van der Waals surface area contributed by atoms with E-state index in [2.05, 4.69) is 66.7 Å². The van der Waals surface area contributed by atoms with Gasteiger partial charge in [0.1, 0.15) is 6.10 Å². The van der Waals surface area contributed by atoms with Crippen molar-refractivity contribution in [2.75, 3.05) is 0 Å². The van der Waals surface area contributed by atoms with Gasteiger partial charge in [-0.05, 0) is 129 Å². The number of carbonyl (C=O) groups excluding carboxylic acids is 1. The molecule has 0 aromatic carbocycles. The van der Waals surface area contributed by atoms with E-state index in [1.54, 1.807) is 5.57 Å². The Morgan fingerprint density at radius 2 is 1.31 bits per heavy atom. The van der Waals surface area contributed by atoms with Gasteiger partial charge in [0.15, 0.2) is 0 Å². The van der Waals surface area contributed by atoms with Crippen LogP contribution in [-0.2, 0) is 9.53 Å². The van der Waals surface area contributed by atoms with Gasteiger partial charge in [-0.15, -0.1) is 0 Å². The van der Waals surface area contributed by atoms with Crippen LogP contribution < -0.4 is 0 Å². The second kappa shape index (κ2) is 24.0. The second-order valence-electron chi connectivity index (χ2n) is 20.6. The molecule has 0 spiro atoms. The zero-order valence-electron chi connectivity index (χ0n) is 37.4. The van der Waals surface area contributed by atoms with Crippen LogP contribution >= 0.6 is 0 Å². The normalized spacial score (nSPS) is 30.5. The van der Waals surface area contributed by atoms with Crippen LogP contribution in [-0.4, -0.2) is 12.1 Å². The zero-order valence-corrected chi connectivity index (χ0v) is 37.4. The van der Waals surface area contributed by atoms with E-state index in [0.717, 1.165) is 60.7 Å². The summed E-state index contributed by atoms with van der Waals surface area (Å²) in [7, 11) is 0. The molecule has 4 rings (SSSR count). The Balaban J connectivity index is 1.02. The highest BCUT2D eigenvalue weighted by Crippen LogP contribution is 2.67. The summed E-state index contributed by atoms with van der Waals surface area (Å²) in [6.45, 7) is 17.5. The number of hydrogen-bond donors (Lipinski definition) is 0. The Morgan fingerprint density at radius 3 is 1.93 bits per heavy atom. The number of rotatable bonds is 27. The fraction of sp³-hybridized carbons (Fsp3) is 0.904. The lowest BCUT2D eigenvalue weighted by Gasteiger charge is -2.58. The van der Waals surface area contributed by atoms with Crippen LogP contribution in [0, 0.1) is 52.3 Å². The third-order valence-electron chi connectivity index (χ3n) is 16.5. The van der Waals surface area contributed by atoms with Crippen molar-refractivity contribution in [1.82, 2.24) is 0 Å². The summed E-state index contributed by atoms with van der Waals surface area (Å²) in [6.07, 6.45) is 46.9. The van der Waals surface area contributed by atoms with E-state index >= 15 is 0 Å². The average Bonchev–Trinajstić information content (AvgIpc) is 3.51. The quantitative estimate of drug-likeness (QED) is 0.0475. The monoisotopic (exact) mass is 749 g/mol. The van der Waals surface area contributed by atoms with Gasteiger partial charge in [0.2, 0.25) is 0 Å². The standard InChI is InChI=1S/C52H92O2/c1-8-9-10-11-12-13-14-15-16-17-18-19-20-21-22-23-24-25-26-27-28-29-50(53)54-45-36-38-51(6)44(40-45)32-33-46-48-35-34-47(52(48,7)39-37-49(46)51)43(5)31-30-42(4)41(2)3/h15-16,32,41-43,45-49H,8-14,17-31,33-40H2,1-7H3/b16-15+. The van der Waals surface area contributed by atoms with Crippen LogP contribution in [0.4, 0.5) is 0 Å². The summed E-state index contributed by atoms with van der Waals surface area (Å²) in [5, 5.41) is 0. The van der Waals surface area contributed by atoms with Gasteiger partial charge >= 0.3 is 5.97 Å². The molecule has 3 saturated carbocycles. The van der Waals surface area contributed by atoms with Gasteiger partial charge in [-0.1, -0.05) is 175 Å². The smallest absolute Gasteiger partial charge is 0.306 e. The van der Waals surface area contributed by atoms with Crippen LogP contribution in [0.1, 0.15) is 241 Å². The van der Waals surface area contributed by atoms with Gasteiger partial charge in [-0.25, -0.2) is 0 Å². The van der Waals surface area contributed by atoms with Gasteiger partial charge in [-0.2, -0.15) is 0 Å². The van der Waals surface area contributed by atoms with Gasteiger partial charge in [-0.3, -0.25) is 4.79 Å². The van der Waals surface area contributed by atoms with Crippen LogP contribution in [0.15, 0.2) is 23.8 Å². The highest BCUT2D eigenvalue weighted by molar-refractivity contribution is 5.69. The Bertz CT molecular complexity index is 1100. The summed E-state index contributed by atoms with van der Waals surface area (Å²) >= 11 is 0. The molecule has 0 N–H and O–H groups in total. The van der Waals surface area contributed by atoms with Crippen LogP contribution in [0.25, 0.3) is 0 Å². The molecule has 54 heavy (non-hydrogen) atoms. The second-order valence-corrected chi connectivity index (χ2v) is 20.6. The Hall–Kier alpha value is -1.05. The number of allylic oxidation sites excluding steroid dienone is 3.